The number of allylic oxidation sites excluding steroid dienone is 2. The Labute approximate surface area is 69.6 Å². The number of aliphatic hydroxyl groups is 1. The summed E-state index contributed by atoms with van der Waals surface area (Å²) in [4.78, 5) is 0. The van der Waals surface area contributed by atoms with E-state index in [9.17, 15) is 5.11 Å². The van der Waals surface area contributed by atoms with Gasteiger partial charge in [-0.15, -0.1) is 0 Å². The fourth-order valence-electron chi connectivity index (χ4n) is 0.985. The summed E-state index contributed by atoms with van der Waals surface area (Å²) in [6.07, 6.45) is 7.17. The van der Waals surface area contributed by atoms with Gasteiger partial charge in [-0.05, 0) is 10.9 Å². The first-order chi connectivity index (χ1) is 4.66. The molecule has 1 aliphatic carbocycles. The maximum Gasteiger partial charge on any atom is 0.0873 e. The Hall–Kier alpha value is -0.0800. The van der Waals surface area contributed by atoms with Crippen LogP contribution in [0.25, 0.3) is 0 Å². The van der Waals surface area contributed by atoms with Gasteiger partial charge in [0.2, 0.25) is 0 Å². The predicted octanol–water partition coefficient (Wildman–Crippen LogP) is 2.37. The Morgan fingerprint density at radius 3 is 2.90 bits per heavy atom. The maximum atomic E-state index is 9.69. The molecule has 0 aromatic rings. The van der Waals surface area contributed by atoms with Crippen molar-refractivity contribution in [2.45, 2.75) is 25.4 Å². The monoisotopic (exact) mass is 202 g/mol. The number of hydrogen-bond donors (Lipinski definition) is 1. The second kappa shape index (κ2) is 2.89. The summed E-state index contributed by atoms with van der Waals surface area (Å²) in [6, 6.07) is 0. The molecule has 0 radical (unpaired) electrons. The van der Waals surface area contributed by atoms with E-state index in [1.54, 1.807) is 0 Å². The molecule has 0 spiro atoms. The molecular weight excluding hydrogens is 192 g/mol. The molecule has 10 heavy (non-hydrogen) atoms. The lowest BCUT2D eigenvalue weighted by molar-refractivity contribution is 0.0882. The van der Waals surface area contributed by atoms with Gasteiger partial charge in [-0.1, -0.05) is 41.1 Å². The third-order valence-electron chi connectivity index (χ3n) is 1.77. The van der Waals surface area contributed by atoms with E-state index in [0.717, 1.165) is 10.9 Å². The summed E-state index contributed by atoms with van der Waals surface area (Å²) in [7, 11) is 0. The zero-order valence-corrected chi connectivity index (χ0v) is 7.56. The van der Waals surface area contributed by atoms with Crippen LogP contribution in [0.15, 0.2) is 22.7 Å². The molecule has 0 saturated heterocycles. The van der Waals surface area contributed by atoms with E-state index in [0.29, 0.717) is 6.42 Å². The lowest BCUT2D eigenvalue weighted by atomic mass is 9.93. The van der Waals surface area contributed by atoms with Crippen LogP contribution in [-0.2, 0) is 0 Å². The van der Waals surface area contributed by atoms with Gasteiger partial charge >= 0.3 is 0 Å². The Bertz CT molecular complexity index is 184. The molecule has 0 heterocycles. The van der Waals surface area contributed by atoms with Gasteiger partial charge in [0.15, 0.2) is 0 Å². The lowest BCUT2D eigenvalue weighted by Gasteiger charge is -2.24. The molecular formula is C8H11BrO. The molecule has 1 atom stereocenters. The minimum atomic E-state index is -0.604. The summed E-state index contributed by atoms with van der Waals surface area (Å²) in [5.41, 5.74) is -0.604. The molecule has 1 rings (SSSR count). The first-order valence-electron chi connectivity index (χ1n) is 3.42. The Morgan fingerprint density at radius 2 is 2.50 bits per heavy atom. The van der Waals surface area contributed by atoms with E-state index in [4.69, 9.17) is 0 Å². The number of rotatable bonds is 1. The molecule has 0 bridgehead atoms. The van der Waals surface area contributed by atoms with Crippen LogP contribution in [0.2, 0.25) is 0 Å². The van der Waals surface area contributed by atoms with Crippen LogP contribution < -0.4 is 0 Å². The highest BCUT2D eigenvalue weighted by atomic mass is 79.9. The third kappa shape index (κ3) is 1.70. The fraction of sp³-hybridized carbons (Fsp3) is 0.500. The Balaban J connectivity index is 2.71. The SMILES string of the molecule is CCC1(O)C=CC=C(Br)C1. The normalized spacial score (nSPS) is 32.1. The van der Waals surface area contributed by atoms with E-state index in [1.165, 1.54) is 0 Å². The van der Waals surface area contributed by atoms with Gasteiger partial charge in [-0.2, -0.15) is 0 Å². The van der Waals surface area contributed by atoms with E-state index in [-0.39, 0.29) is 0 Å². The summed E-state index contributed by atoms with van der Waals surface area (Å²) in [5.74, 6) is 0. The second-order valence-corrected chi connectivity index (χ2v) is 3.63. The molecule has 1 nitrogen and oxygen atoms in total. The van der Waals surface area contributed by atoms with Crippen molar-refractivity contribution in [3.63, 3.8) is 0 Å². The van der Waals surface area contributed by atoms with Gasteiger partial charge < -0.3 is 5.11 Å². The zero-order chi connectivity index (χ0) is 7.61. The minimum Gasteiger partial charge on any atom is -0.385 e. The van der Waals surface area contributed by atoms with Gasteiger partial charge in [0, 0.05) is 6.42 Å². The van der Waals surface area contributed by atoms with Crippen molar-refractivity contribution in [3.05, 3.63) is 22.7 Å². The molecule has 56 valence electrons. The molecule has 0 aromatic heterocycles. The van der Waals surface area contributed by atoms with Gasteiger partial charge in [0.25, 0.3) is 0 Å². The standard InChI is InChI=1S/C8H11BrO/c1-2-8(10)5-3-4-7(9)6-8/h3-5,10H,2,6H2,1H3. The van der Waals surface area contributed by atoms with Crippen molar-refractivity contribution >= 4 is 15.9 Å². The first kappa shape index (κ1) is 8.02. The first-order valence-corrected chi connectivity index (χ1v) is 4.22. The third-order valence-corrected chi connectivity index (χ3v) is 2.32. The molecule has 0 aliphatic heterocycles. The van der Waals surface area contributed by atoms with Crippen molar-refractivity contribution in [1.82, 2.24) is 0 Å². The van der Waals surface area contributed by atoms with Crippen molar-refractivity contribution < 1.29 is 5.11 Å². The molecule has 1 unspecified atom stereocenters. The molecule has 1 aliphatic rings. The average molecular weight is 203 g/mol. The second-order valence-electron chi connectivity index (χ2n) is 2.61. The fourth-order valence-corrected chi connectivity index (χ4v) is 1.62. The summed E-state index contributed by atoms with van der Waals surface area (Å²) in [5, 5.41) is 9.69. The van der Waals surface area contributed by atoms with E-state index in [2.05, 4.69) is 15.9 Å². The quantitative estimate of drug-likeness (QED) is 0.693. The highest BCUT2D eigenvalue weighted by molar-refractivity contribution is 9.11. The Morgan fingerprint density at radius 1 is 1.80 bits per heavy atom. The van der Waals surface area contributed by atoms with Crippen LogP contribution in [0.1, 0.15) is 19.8 Å². The lowest BCUT2D eigenvalue weighted by Crippen LogP contribution is -2.25. The Kier molecular flexibility index (Phi) is 2.32. The van der Waals surface area contributed by atoms with Crippen molar-refractivity contribution in [3.8, 4) is 0 Å². The summed E-state index contributed by atoms with van der Waals surface area (Å²) in [6.45, 7) is 1.98. The van der Waals surface area contributed by atoms with E-state index >= 15 is 0 Å². The highest BCUT2D eigenvalue weighted by Crippen LogP contribution is 2.28. The van der Waals surface area contributed by atoms with Crippen LogP contribution >= 0.6 is 15.9 Å². The van der Waals surface area contributed by atoms with Gasteiger partial charge in [-0.3, -0.25) is 0 Å². The van der Waals surface area contributed by atoms with E-state index in [1.807, 2.05) is 25.2 Å². The van der Waals surface area contributed by atoms with Crippen molar-refractivity contribution in [1.29, 1.82) is 0 Å². The van der Waals surface area contributed by atoms with Crippen molar-refractivity contribution in [2.75, 3.05) is 0 Å². The van der Waals surface area contributed by atoms with Crippen LogP contribution in [0.3, 0.4) is 0 Å². The highest BCUT2D eigenvalue weighted by Gasteiger charge is 2.23. The largest absolute Gasteiger partial charge is 0.385 e. The van der Waals surface area contributed by atoms with Crippen LogP contribution in [0, 0.1) is 0 Å². The molecule has 0 aromatic carbocycles. The van der Waals surface area contributed by atoms with E-state index < -0.39 is 5.60 Å². The molecule has 2 heteroatoms. The van der Waals surface area contributed by atoms with Crippen molar-refractivity contribution in [2.24, 2.45) is 0 Å². The average Bonchev–Trinajstić information content (AvgIpc) is 1.88. The predicted molar refractivity (Wildman–Crippen MR) is 46.0 cm³/mol. The molecule has 1 N–H and O–H groups in total. The minimum absolute atomic E-state index is 0.604. The van der Waals surface area contributed by atoms with Crippen LogP contribution in [-0.4, -0.2) is 10.7 Å². The van der Waals surface area contributed by atoms with Crippen LogP contribution in [0.4, 0.5) is 0 Å². The molecule has 0 amide bonds. The van der Waals surface area contributed by atoms with Crippen LogP contribution in [0.5, 0.6) is 0 Å². The smallest absolute Gasteiger partial charge is 0.0873 e. The van der Waals surface area contributed by atoms with Gasteiger partial charge in [-0.25, -0.2) is 0 Å². The van der Waals surface area contributed by atoms with Gasteiger partial charge in [0.05, 0.1) is 5.60 Å². The topological polar surface area (TPSA) is 20.2 Å². The molecule has 0 fully saturated rings. The summed E-state index contributed by atoms with van der Waals surface area (Å²) < 4.78 is 1.07. The van der Waals surface area contributed by atoms with Gasteiger partial charge in [0.1, 0.15) is 0 Å². The molecule has 0 saturated carbocycles. The maximum absolute atomic E-state index is 9.69. The number of halogens is 1. The zero-order valence-electron chi connectivity index (χ0n) is 5.97. The summed E-state index contributed by atoms with van der Waals surface area (Å²) >= 11 is 3.35. The number of hydrogen-bond acceptors (Lipinski definition) is 1.